The van der Waals surface area contributed by atoms with Crippen molar-refractivity contribution in [2.24, 2.45) is 0 Å². The van der Waals surface area contributed by atoms with Crippen molar-refractivity contribution in [3.8, 4) is 5.69 Å². The number of hydrogen-bond acceptors (Lipinski definition) is 2. The Morgan fingerprint density at radius 1 is 1.32 bits per heavy atom. The van der Waals surface area contributed by atoms with Crippen molar-refractivity contribution in [3.63, 3.8) is 0 Å². The molecule has 2 rings (SSSR count). The molecule has 0 bridgehead atoms. The number of imidazole rings is 1. The highest BCUT2D eigenvalue weighted by molar-refractivity contribution is 5.38. The molecule has 0 fully saturated rings. The van der Waals surface area contributed by atoms with Gasteiger partial charge in [-0.1, -0.05) is 19.9 Å². The van der Waals surface area contributed by atoms with E-state index in [1.54, 1.807) is 12.3 Å². The van der Waals surface area contributed by atoms with Gasteiger partial charge in [-0.05, 0) is 37.7 Å². The van der Waals surface area contributed by atoms with E-state index in [0.717, 1.165) is 23.6 Å². The number of benzene rings is 1. The summed E-state index contributed by atoms with van der Waals surface area (Å²) in [7, 11) is 3.98. The molecular weight excluding hydrogens is 241 g/mol. The second-order valence-corrected chi connectivity index (χ2v) is 5.31. The molecule has 0 aliphatic heterocycles. The predicted octanol–water partition coefficient (Wildman–Crippen LogP) is 3.20. The average Bonchev–Trinajstić information content (AvgIpc) is 2.75. The summed E-state index contributed by atoms with van der Waals surface area (Å²) in [4.78, 5) is 6.36. The quantitative estimate of drug-likeness (QED) is 0.842. The summed E-state index contributed by atoms with van der Waals surface area (Å²) < 4.78 is 16.0. The predicted molar refractivity (Wildman–Crippen MR) is 75.0 cm³/mol. The lowest BCUT2D eigenvalue weighted by molar-refractivity contribution is 0.388. The van der Waals surface area contributed by atoms with E-state index in [1.165, 1.54) is 0 Å². The Hall–Kier alpha value is -1.68. The second kappa shape index (κ2) is 5.53. The molecule has 102 valence electrons. The van der Waals surface area contributed by atoms with Gasteiger partial charge in [0.1, 0.15) is 11.6 Å². The minimum atomic E-state index is -0.156. The van der Waals surface area contributed by atoms with Gasteiger partial charge >= 0.3 is 0 Å². The van der Waals surface area contributed by atoms with Crippen LogP contribution in [0.4, 0.5) is 4.39 Å². The van der Waals surface area contributed by atoms with Crippen LogP contribution in [0.5, 0.6) is 0 Å². The van der Waals surface area contributed by atoms with Gasteiger partial charge in [-0.15, -0.1) is 0 Å². The van der Waals surface area contributed by atoms with Gasteiger partial charge in [0.05, 0.1) is 6.54 Å². The summed E-state index contributed by atoms with van der Waals surface area (Å²) in [6.45, 7) is 4.71. The van der Waals surface area contributed by atoms with Crippen LogP contribution in [-0.4, -0.2) is 28.5 Å². The minimum Gasteiger partial charge on any atom is -0.303 e. The largest absolute Gasteiger partial charge is 0.303 e. The average molecular weight is 261 g/mol. The molecule has 3 nitrogen and oxygen atoms in total. The summed E-state index contributed by atoms with van der Waals surface area (Å²) in [6, 6.07) is 5.38. The van der Waals surface area contributed by atoms with Gasteiger partial charge in [-0.25, -0.2) is 9.37 Å². The number of hydrogen-bond donors (Lipinski definition) is 0. The molecule has 1 heterocycles. The fourth-order valence-corrected chi connectivity index (χ4v) is 2.10. The van der Waals surface area contributed by atoms with Crippen LogP contribution in [0.15, 0.2) is 30.6 Å². The zero-order chi connectivity index (χ0) is 14.0. The van der Waals surface area contributed by atoms with Crippen molar-refractivity contribution < 1.29 is 4.39 Å². The lowest BCUT2D eigenvalue weighted by atomic mass is 10.0. The Labute approximate surface area is 113 Å². The van der Waals surface area contributed by atoms with E-state index >= 15 is 0 Å². The number of nitrogens with zero attached hydrogens (tertiary/aromatic N) is 3. The van der Waals surface area contributed by atoms with Gasteiger partial charge < -0.3 is 9.47 Å². The van der Waals surface area contributed by atoms with E-state index in [2.05, 4.69) is 4.98 Å². The Balaban J connectivity index is 2.37. The molecule has 0 aliphatic rings. The summed E-state index contributed by atoms with van der Waals surface area (Å²) in [5, 5.41) is 0. The van der Waals surface area contributed by atoms with Crippen molar-refractivity contribution in [1.82, 2.24) is 14.5 Å². The van der Waals surface area contributed by atoms with Gasteiger partial charge in [0, 0.05) is 18.1 Å². The van der Waals surface area contributed by atoms with E-state index in [0.29, 0.717) is 0 Å². The highest BCUT2D eigenvalue weighted by Gasteiger charge is 2.10. The molecule has 0 N–H and O–H groups in total. The van der Waals surface area contributed by atoms with Crippen molar-refractivity contribution in [3.05, 3.63) is 47.8 Å². The highest BCUT2D eigenvalue weighted by atomic mass is 19.1. The lowest BCUT2D eigenvalue weighted by Crippen LogP contribution is -2.15. The molecule has 0 radical (unpaired) electrons. The SMILES string of the molecule is CC(C)c1ccc(-n2ccnc2CN(C)C)cc1F. The first-order chi connectivity index (χ1) is 8.99. The van der Waals surface area contributed by atoms with Crippen molar-refractivity contribution in [2.75, 3.05) is 14.1 Å². The number of rotatable bonds is 4. The summed E-state index contributed by atoms with van der Waals surface area (Å²) in [5.41, 5.74) is 1.56. The fraction of sp³-hybridized carbons (Fsp3) is 0.400. The fourth-order valence-electron chi connectivity index (χ4n) is 2.10. The third-order valence-electron chi connectivity index (χ3n) is 3.06. The Kier molecular flexibility index (Phi) is 4.00. The normalized spacial score (nSPS) is 11.5. The zero-order valence-corrected chi connectivity index (χ0v) is 11.9. The molecular formula is C15H20FN3. The molecule has 0 aliphatic carbocycles. The Morgan fingerprint density at radius 3 is 2.63 bits per heavy atom. The zero-order valence-electron chi connectivity index (χ0n) is 11.9. The van der Waals surface area contributed by atoms with Crippen LogP contribution in [0.3, 0.4) is 0 Å². The molecule has 2 aromatic rings. The van der Waals surface area contributed by atoms with Crippen LogP contribution in [0.2, 0.25) is 0 Å². The van der Waals surface area contributed by atoms with Crippen molar-refractivity contribution in [2.45, 2.75) is 26.3 Å². The molecule has 0 unspecified atom stereocenters. The van der Waals surface area contributed by atoms with Gasteiger partial charge in [0.2, 0.25) is 0 Å². The topological polar surface area (TPSA) is 21.1 Å². The first-order valence-electron chi connectivity index (χ1n) is 6.46. The monoisotopic (exact) mass is 261 g/mol. The van der Waals surface area contributed by atoms with E-state index < -0.39 is 0 Å². The molecule has 1 aromatic heterocycles. The maximum atomic E-state index is 14.0. The third-order valence-corrected chi connectivity index (χ3v) is 3.06. The standard InChI is InChI=1S/C15H20FN3/c1-11(2)13-6-5-12(9-14(13)16)19-8-7-17-15(19)10-18(3)4/h5-9,11H,10H2,1-4H3. The van der Waals surface area contributed by atoms with E-state index in [4.69, 9.17) is 0 Å². The van der Waals surface area contributed by atoms with Crippen LogP contribution in [0.25, 0.3) is 5.69 Å². The molecule has 0 spiro atoms. The molecule has 19 heavy (non-hydrogen) atoms. The number of halogens is 1. The smallest absolute Gasteiger partial charge is 0.128 e. The van der Waals surface area contributed by atoms with E-state index in [9.17, 15) is 4.39 Å². The molecule has 4 heteroatoms. The first kappa shape index (κ1) is 13.7. The van der Waals surface area contributed by atoms with Crippen molar-refractivity contribution >= 4 is 0 Å². The third kappa shape index (κ3) is 3.01. The lowest BCUT2D eigenvalue weighted by Gasteiger charge is -2.14. The van der Waals surface area contributed by atoms with Crippen LogP contribution in [0.1, 0.15) is 31.2 Å². The van der Waals surface area contributed by atoms with Crippen LogP contribution in [-0.2, 0) is 6.54 Å². The van der Waals surface area contributed by atoms with Gasteiger partial charge in [0.15, 0.2) is 0 Å². The summed E-state index contributed by atoms with van der Waals surface area (Å²) >= 11 is 0. The van der Waals surface area contributed by atoms with Gasteiger partial charge in [-0.2, -0.15) is 0 Å². The Bertz CT molecular complexity index is 558. The molecule has 0 amide bonds. The Morgan fingerprint density at radius 2 is 2.05 bits per heavy atom. The van der Waals surface area contributed by atoms with Gasteiger partial charge in [0.25, 0.3) is 0 Å². The van der Waals surface area contributed by atoms with Crippen LogP contribution in [0, 0.1) is 5.82 Å². The maximum Gasteiger partial charge on any atom is 0.128 e. The second-order valence-electron chi connectivity index (χ2n) is 5.31. The number of aromatic nitrogens is 2. The van der Waals surface area contributed by atoms with Gasteiger partial charge in [-0.3, -0.25) is 0 Å². The summed E-state index contributed by atoms with van der Waals surface area (Å²) in [5.74, 6) is 0.941. The maximum absolute atomic E-state index is 14.0. The molecule has 1 aromatic carbocycles. The molecule has 0 saturated carbocycles. The molecule has 0 saturated heterocycles. The van der Waals surface area contributed by atoms with E-state index in [1.807, 2.05) is 55.7 Å². The van der Waals surface area contributed by atoms with Crippen molar-refractivity contribution in [1.29, 1.82) is 0 Å². The van der Waals surface area contributed by atoms with E-state index in [-0.39, 0.29) is 11.7 Å². The van der Waals surface area contributed by atoms with Crippen LogP contribution < -0.4 is 0 Å². The molecule has 0 atom stereocenters. The summed E-state index contributed by atoms with van der Waals surface area (Å²) in [6.07, 6.45) is 3.61. The first-order valence-corrected chi connectivity index (χ1v) is 6.46. The van der Waals surface area contributed by atoms with Crippen LogP contribution >= 0.6 is 0 Å². The highest BCUT2D eigenvalue weighted by Crippen LogP contribution is 2.22. The minimum absolute atomic E-state index is 0.156.